The third kappa shape index (κ3) is 3.89. The van der Waals surface area contributed by atoms with Crippen molar-refractivity contribution < 1.29 is 23.9 Å². The van der Waals surface area contributed by atoms with Gasteiger partial charge in [0.05, 0.1) is 11.1 Å². The summed E-state index contributed by atoms with van der Waals surface area (Å²) < 4.78 is 5.08. The summed E-state index contributed by atoms with van der Waals surface area (Å²) in [6, 6.07) is 11.3. The maximum absolute atomic E-state index is 12.3. The van der Waals surface area contributed by atoms with E-state index in [9.17, 15) is 19.2 Å². The Morgan fingerprint density at radius 1 is 1.11 bits per heavy atom. The SMILES string of the molecule is Cc1ccc(Cl)cc1NC(=O)[C@H](C)OC(=O)CN1C(=O)c2ccccc2C1=O. The molecule has 0 saturated heterocycles. The highest BCUT2D eigenvalue weighted by molar-refractivity contribution is 6.31. The second-order valence-corrected chi connectivity index (χ2v) is 6.76. The molecule has 1 aliphatic heterocycles. The van der Waals surface area contributed by atoms with Crippen LogP contribution in [0.1, 0.15) is 33.2 Å². The van der Waals surface area contributed by atoms with Crippen LogP contribution in [0, 0.1) is 6.92 Å². The summed E-state index contributed by atoms with van der Waals surface area (Å²) in [5.41, 5.74) is 1.77. The number of benzene rings is 2. The number of esters is 1. The second-order valence-electron chi connectivity index (χ2n) is 6.32. The van der Waals surface area contributed by atoms with Crippen molar-refractivity contribution >= 4 is 41.0 Å². The van der Waals surface area contributed by atoms with E-state index >= 15 is 0 Å². The summed E-state index contributed by atoms with van der Waals surface area (Å²) in [6.07, 6.45) is -1.12. The molecule has 28 heavy (non-hydrogen) atoms. The summed E-state index contributed by atoms with van der Waals surface area (Å²) >= 11 is 5.92. The zero-order chi connectivity index (χ0) is 20.4. The first kappa shape index (κ1) is 19.6. The van der Waals surface area contributed by atoms with E-state index in [0.717, 1.165) is 10.5 Å². The molecule has 0 bridgehead atoms. The van der Waals surface area contributed by atoms with Crippen molar-refractivity contribution in [2.24, 2.45) is 0 Å². The molecule has 144 valence electrons. The van der Waals surface area contributed by atoms with Crippen LogP contribution in [0.5, 0.6) is 0 Å². The molecule has 0 radical (unpaired) electrons. The van der Waals surface area contributed by atoms with Gasteiger partial charge in [-0.25, -0.2) is 0 Å². The number of fused-ring (bicyclic) bond motifs is 1. The minimum Gasteiger partial charge on any atom is -0.451 e. The molecule has 1 atom stereocenters. The fourth-order valence-corrected chi connectivity index (χ4v) is 2.94. The lowest BCUT2D eigenvalue weighted by atomic mass is 10.1. The molecule has 8 heteroatoms. The van der Waals surface area contributed by atoms with Gasteiger partial charge in [-0.05, 0) is 43.7 Å². The zero-order valence-electron chi connectivity index (χ0n) is 15.2. The van der Waals surface area contributed by atoms with Gasteiger partial charge in [-0.15, -0.1) is 0 Å². The number of ether oxygens (including phenoxy) is 1. The quantitative estimate of drug-likeness (QED) is 0.615. The molecule has 7 nitrogen and oxygen atoms in total. The van der Waals surface area contributed by atoms with Gasteiger partial charge in [0.25, 0.3) is 17.7 Å². The summed E-state index contributed by atoms with van der Waals surface area (Å²) in [7, 11) is 0. The van der Waals surface area contributed by atoms with Gasteiger partial charge in [-0.1, -0.05) is 29.8 Å². The third-order valence-electron chi connectivity index (χ3n) is 4.30. The lowest BCUT2D eigenvalue weighted by Crippen LogP contribution is -2.38. The molecule has 3 amide bonds. The van der Waals surface area contributed by atoms with Crippen molar-refractivity contribution in [3.63, 3.8) is 0 Å². The van der Waals surface area contributed by atoms with Crippen LogP contribution in [0.2, 0.25) is 5.02 Å². The molecule has 0 spiro atoms. The van der Waals surface area contributed by atoms with Crippen molar-refractivity contribution in [3.8, 4) is 0 Å². The Morgan fingerprint density at radius 3 is 2.32 bits per heavy atom. The summed E-state index contributed by atoms with van der Waals surface area (Å²) in [5, 5.41) is 3.09. The van der Waals surface area contributed by atoms with Crippen LogP contribution in [0.3, 0.4) is 0 Å². The lowest BCUT2D eigenvalue weighted by Gasteiger charge is -2.17. The topological polar surface area (TPSA) is 92.8 Å². The molecule has 0 unspecified atom stereocenters. The molecule has 0 saturated carbocycles. The number of carbonyl (C=O) groups is 4. The number of imide groups is 1. The lowest BCUT2D eigenvalue weighted by molar-refractivity contribution is -0.153. The Bertz CT molecular complexity index is 953. The predicted octanol–water partition coefficient (Wildman–Crippen LogP) is 2.81. The molecule has 3 rings (SSSR count). The van der Waals surface area contributed by atoms with Crippen LogP contribution in [-0.4, -0.2) is 41.2 Å². The Hall–Kier alpha value is -3.19. The Kier molecular flexibility index (Phi) is 5.46. The van der Waals surface area contributed by atoms with Crippen LogP contribution in [0.15, 0.2) is 42.5 Å². The number of hydrogen-bond acceptors (Lipinski definition) is 5. The van der Waals surface area contributed by atoms with Gasteiger partial charge in [-0.2, -0.15) is 0 Å². The summed E-state index contributed by atoms with van der Waals surface area (Å²) in [6.45, 7) is 2.63. The van der Waals surface area contributed by atoms with Gasteiger partial charge in [0.2, 0.25) is 0 Å². The zero-order valence-corrected chi connectivity index (χ0v) is 15.9. The number of anilines is 1. The maximum atomic E-state index is 12.3. The first-order chi connectivity index (χ1) is 13.3. The third-order valence-corrected chi connectivity index (χ3v) is 4.54. The highest BCUT2D eigenvalue weighted by Crippen LogP contribution is 2.23. The minimum atomic E-state index is -1.12. The average molecular weight is 401 g/mol. The van der Waals surface area contributed by atoms with E-state index in [1.807, 2.05) is 0 Å². The van der Waals surface area contributed by atoms with E-state index < -0.39 is 36.3 Å². The van der Waals surface area contributed by atoms with Crippen molar-refractivity contribution in [2.45, 2.75) is 20.0 Å². The largest absolute Gasteiger partial charge is 0.451 e. The molecule has 1 heterocycles. The number of carbonyl (C=O) groups excluding carboxylic acids is 4. The minimum absolute atomic E-state index is 0.238. The smallest absolute Gasteiger partial charge is 0.326 e. The van der Waals surface area contributed by atoms with Crippen molar-refractivity contribution in [1.29, 1.82) is 0 Å². The first-order valence-electron chi connectivity index (χ1n) is 8.49. The number of halogens is 1. The number of nitrogens with one attached hydrogen (secondary N) is 1. The van der Waals surface area contributed by atoms with Gasteiger partial charge >= 0.3 is 5.97 Å². The molecule has 2 aromatic carbocycles. The molecule has 0 fully saturated rings. The average Bonchev–Trinajstić information content (AvgIpc) is 2.90. The molecule has 1 aliphatic rings. The second kappa shape index (κ2) is 7.82. The molecular weight excluding hydrogens is 384 g/mol. The van der Waals surface area contributed by atoms with Crippen molar-refractivity contribution in [2.75, 3.05) is 11.9 Å². The highest BCUT2D eigenvalue weighted by atomic mass is 35.5. The molecular formula is C20H17ClN2O5. The van der Waals surface area contributed by atoms with E-state index in [1.165, 1.54) is 19.1 Å². The number of rotatable bonds is 5. The van der Waals surface area contributed by atoms with Crippen molar-refractivity contribution in [3.05, 3.63) is 64.2 Å². The molecule has 0 aromatic heterocycles. The first-order valence-corrected chi connectivity index (χ1v) is 8.87. The monoisotopic (exact) mass is 400 g/mol. The Balaban J connectivity index is 1.60. The molecule has 2 aromatic rings. The number of amides is 3. The number of aryl methyl sites for hydroxylation is 1. The van der Waals surface area contributed by atoms with E-state index in [4.69, 9.17) is 16.3 Å². The Labute approximate surface area is 166 Å². The van der Waals surface area contributed by atoms with Crippen molar-refractivity contribution in [1.82, 2.24) is 4.90 Å². The number of hydrogen-bond donors (Lipinski definition) is 1. The summed E-state index contributed by atoms with van der Waals surface area (Å²) in [4.78, 5) is 49.8. The van der Waals surface area contributed by atoms with E-state index in [-0.39, 0.29) is 11.1 Å². The molecule has 0 aliphatic carbocycles. The molecule has 1 N–H and O–H groups in total. The van der Waals surface area contributed by atoms with Crippen LogP contribution in [0.25, 0.3) is 0 Å². The van der Waals surface area contributed by atoms with Gasteiger partial charge in [0.15, 0.2) is 6.10 Å². The normalized spacial score (nSPS) is 13.9. The summed E-state index contributed by atoms with van der Waals surface area (Å²) in [5.74, 6) is -2.55. The standard InChI is InChI=1S/C20H17ClN2O5/c1-11-7-8-13(21)9-16(11)22-18(25)12(2)28-17(24)10-23-19(26)14-5-3-4-6-15(14)20(23)27/h3-9,12H,10H2,1-2H3,(H,22,25)/t12-/m0/s1. The van der Waals surface area contributed by atoms with E-state index in [2.05, 4.69) is 5.32 Å². The maximum Gasteiger partial charge on any atom is 0.326 e. The van der Waals surface area contributed by atoms with Crippen LogP contribution in [-0.2, 0) is 14.3 Å². The van der Waals surface area contributed by atoms with E-state index in [1.54, 1.807) is 37.3 Å². The van der Waals surface area contributed by atoms with Gasteiger partial charge < -0.3 is 10.1 Å². The van der Waals surface area contributed by atoms with Crippen LogP contribution >= 0.6 is 11.6 Å². The highest BCUT2D eigenvalue weighted by Gasteiger charge is 2.37. The fraction of sp³-hybridized carbons (Fsp3) is 0.200. The van der Waals surface area contributed by atoms with E-state index in [0.29, 0.717) is 10.7 Å². The predicted molar refractivity (Wildman–Crippen MR) is 102 cm³/mol. The number of nitrogens with zero attached hydrogens (tertiary/aromatic N) is 1. The Morgan fingerprint density at radius 2 is 1.71 bits per heavy atom. The van der Waals surface area contributed by atoms with Crippen LogP contribution in [0.4, 0.5) is 5.69 Å². The fourth-order valence-electron chi connectivity index (χ4n) is 2.76. The van der Waals surface area contributed by atoms with Gasteiger partial charge in [0.1, 0.15) is 6.54 Å². The van der Waals surface area contributed by atoms with Gasteiger partial charge in [-0.3, -0.25) is 24.1 Å². The van der Waals surface area contributed by atoms with Gasteiger partial charge in [0, 0.05) is 10.7 Å². The van der Waals surface area contributed by atoms with Crippen LogP contribution < -0.4 is 5.32 Å².